The van der Waals surface area contributed by atoms with Crippen molar-refractivity contribution in [2.75, 3.05) is 6.54 Å². The third kappa shape index (κ3) is 3.48. The lowest BCUT2D eigenvalue weighted by molar-refractivity contribution is -0.178. The largest absolute Gasteiger partial charge is 0.405 e. The number of rotatable bonds is 2. The normalized spacial score (nSPS) is 24.0. The average Bonchev–Trinajstić information content (AvgIpc) is 2.41. The van der Waals surface area contributed by atoms with Gasteiger partial charge in [-0.15, -0.1) is 0 Å². The fourth-order valence-corrected chi connectivity index (χ4v) is 4.34. The Morgan fingerprint density at radius 1 is 1.17 bits per heavy atom. The van der Waals surface area contributed by atoms with Crippen molar-refractivity contribution in [3.8, 4) is 0 Å². The quantitative estimate of drug-likeness (QED) is 0.826. The zero-order valence-corrected chi connectivity index (χ0v) is 12.9. The molecule has 0 saturated carbocycles. The fraction of sp³-hybridized carbons (Fsp3) is 0.538. The van der Waals surface area contributed by atoms with Crippen LogP contribution < -0.4 is 5.73 Å². The molecule has 2 atom stereocenters. The van der Waals surface area contributed by atoms with Gasteiger partial charge in [-0.05, 0) is 31.4 Å². The van der Waals surface area contributed by atoms with E-state index in [9.17, 15) is 30.4 Å². The summed E-state index contributed by atoms with van der Waals surface area (Å²) in [6.45, 7) is 0.610. The van der Waals surface area contributed by atoms with E-state index < -0.39 is 57.8 Å². The first-order valence-electron chi connectivity index (χ1n) is 6.74. The van der Waals surface area contributed by atoms with Gasteiger partial charge in [-0.2, -0.15) is 17.5 Å². The molecule has 2 unspecified atom stereocenters. The summed E-state index contributed by atoms with van der Waals surface area (Å²) < 4.78 is 91.6. The molecule has 10 heteroatoms. The minimum atomic E-state index is -4.81. The molecule has 23 heavy (non-hydrogen) atoms. The van der Waals surface area contributed by atoms with E-state index in [0.717, 1.165) is 0 Å². The predicted octanol–water partition coefficient (Wildman–Crippen LogP) is 2.32. The van der Waals surface area contributed by atoms with Crippen LogP contribution >= 0.6 is 0 Å². The summed E-state index contributed by atoms with van der Waals surface area (Å²) in [5, 5.41) is 0. The van der Waals surface area contributed by atoms with Crippen molar-refractivity contribution in [2.45, 2.75) is 42.9 Å². The Labute approximate surface area is 130 Å². The van der Waals surface area contributed by atoms with Crippen molar-refractivity contribution >= 4 is 10.0 Å². The smallest absolute Gasteiger partial charge is 0.327 e. The SMILES string of the molecule is Cc1cc(S(=O)(=O)N2CC(N)CCC2C(F)(F)F)c(F)cc1F. The number of hydrogen-bond donors (Lipinski definition) is 1. The molecule has 0 bridgehead atoms. The zero-order chi connectivity index (χ0) is 17.6. The van der Waals surface area contributed by atoms with Gasteiger partial charge in [-0.25, -0.2) is 17.2 Å². The highest BCUT2D eigenvalue weighted by atomic mass is 32.2. The lowest BCUT2D eigenvalue weighted by Crippen LogP contribution is -2.56. The molecule has 1 aliphatic rings. The van der Waals surface area contributed by atoms with Gasteiger partial charge in [0.1, 0.15) is 22.6 Å². The Morgan fingerprint density at radius 2 is 1.78 bits per heavy atom. The fourth-order valence-electron chi connectivity index (χ4n) is 2.51. The van der Waals surface area contributed by atoms with Crippen LogP contribution in [-0.4, -0.2) is 37.5 Å². The molecule has 130 valence electrons. The van der Waals surface area contributed by atoms with E-state index in [1.165, 1.54) is 6.92 Å². The summed E-state index contributed by atoms with van der Waals surface area (Å²) in [5.41, 5.74) is 5.38. The van der Waals surface area contributed by atoms with Crippen molar-refractivity contribution in [3.05, 3.63) is 29.3 Å². The van der Waals surface area contributed by atoms with Crippen molar-refractivity contribution < 1.29 is 30.4 Å². The molecule has 1 aromatic rings. The Hall–Kier alpha value is -1.26. The Bertz CT molecular complexity index is 705. The van der Waals surface area contributed by atoms with Gasteiger partial charge in [0.2, 0.25) is 10.0 Å². The third-order valence-electron chi connectivity index (χ3n) is 3.75. The summed E-state index contributed by atoms with van der Waals surface area (Å²) in [7, 11) is -4.81. The monoisotopic (exact) mass is 358 g/mol. The number of piperidine rings is 1. The number of aryl methyl sites for hydroxylation is 1. The Balaban J connectivity index is 2.54. The molecule has 4 nitrogen and oxygen atoms in total. The van der Waals surface area contributed by atoms with Crippen LogP contribution in [0.15, 0.2) is 17.0 Å². The molecule has 1 fully saturated rings. The molecule has 0 spiro atoms. The van der Waals surface area contributed by atoms with E-state index in [1.54, 1.807) is 0 Å². The highest BCUT2D eigenvalue weighted by Crippen LogP contribution is 2.36. The van der Waals surface area contributed by atoms with Crippen LogP contribution in [0, 0.1) is 18.6 Å². The summed E-state index contributed by atoms with van der Waals surface area (Å²) in [6.07, 6.45) is -5.31. The molecule has 1 saturated heterocycles. The second kappa shape index (κ2) is 5.99. The molecule has 1 heterocycles. The van der Waals surface area contributed by atoms with Gasteiger partial charge in [-0.3, -0.25) is 0 Å². The first-order valence-corrected chi connectivity index (χ1v) is 8.18. The number of sulfonamides is 1. The van der Waals surface area contributed by atoms with E-state index in [4.69, 9.17) is 5.73 Å². The number of benzene rings is 1. The Morgan fingerprint density at radius 3 is 2.35 bits per heavy atom. The molecule has 0 radical (unpaired) electrons. The first-order chi connectivity index (χ1) is 10.4. The first kappa shape index (κ1) is 18.1. The molecule has 0 amide bonds. The van der Waals surface area contributed by atoms with Crippen LogP contribution in [0.2, 0.25) is 0 Å². The molecule has 1 aromatic carbocycles. The van der Waals surface area contributed by atoms with Gasteiger partial charge < -0.3 is 5.73 Å². The zero-order valence-electron chi connectivity index (χ0n) is 12.1. The van der Waals surface area contributed by atoms with Crippen LogP contribution in [0.5, 0.6) is 0 Å². The maximum absolute atomic E-state index is 13.8. The highest BCUT2D eigenvalue weighted by Gasteiger charge is 2.50. The molecular formula is C13H15F5N2O2S. The Kier molecular flexibility index (Phi) is 4.71. The number of halogens is 5. The van der Waals surface area contributed by atoms with Crippen molar-refractivity contribution in [1.82, 2.24) is 4.31 Å². The van der Waals surface area contributed by atoms with Gasteiger partial charge >= 0.3 is 6.18 Å². The van der Waals surface area contributed by atoms with Crippen molar-refractivity contribution in [3.63, 3.8) is 0 Å². The number of alkyl halides is 3. The molecule has 2 rings (SSSR count). The van der Waals surface area contributed by atoms with Gasteiger partial charge in [-0.1, -0.05) is 0 Å². The maximum atomic E-state index is 13.8. The number of nitrogens with zero attached hydrogens (tertiary/aromatic N) is 1. The minimum absolute atomic E-state index is 0.00112. The van der Waals surface area contributed by atoms with Crippen LogP contribution in [0.3, 0.4) is 0 Å². The average molecular weight is 358 g/mol. The molecule has 1 aliphatic heterocycles. The lowest BCUT2D eigenvalue weighted by atomic mass is 10.0. The summed E-state index contributed by atoms with van der Waals surface area (Å²) >= 11 is 0. The van der Waals surface area contributed by atoms with Crippen LogP contribution in [0.1, 0.15) is 18.4 Å². The second-order valence-electron chi connectivity index (χ2n) is 5.50. The number of nitrogens with two attached hydrogens (primary N) is 1. The van der Waals surface area contributed by atoms with E-state index in [0.29, 0.717) is 12.1 Å². The molecular weight excluding hydrogens is 343 g/mol. The minimum Gasteiger partial charge on any atom is -0.327 e. The third-order valence-corrected chi connectivity index (χ3v) is 5.64. The topological polar surface area (TPSA) is 63.4 Å². The highest BCUT2D eigenvalue weighted by molar-refractivity contribution is 7.89. The predicted molar refractivity (Wildman–Crippen MR) is 72.0 cm³/mol. The molecule has 2 N–H and O–H groups in total. The lowest BCUT2D eigenvalue weighted by Gasteiger charge is -2.38. The van der Waals surface area contributed by atoms with Crippen molar-refractivity contribution in [2.24, 2.45) is 5.73 Å². The van der Waals surface area contributed by atoms with Gasteiger partial charge in [0.15, 0.2) is 0 Å². The van der Waals surface area contributed by atoms with Gasteiger partial charge in [0.05, 0.1) is 0 Å². The van der Waals surface area contributed by atoms with Gasteiger partial charge in [0.25, 0.3) is 0 Å². The number of hydrogen-bond acceptors (Lipinski definition) is 3. The van der Waals surface area contributed by atoms with Crippen molar-refractivity contribution in [1.29, 1.82) is 0 Å². The second-order valence-corrected chi connectivity index (χ2v) is 7.36. The van der Waals surface area contributed by atoms with E-state index in [1.807, 2.05) is 0 Å². The summed E-state index contributed by atoms with van der Waals surface area (Å²) in [6, 6.07) is -2.03. The van der Waals surface area contributed by atoms with Gasteiger partial charge in [0, 0.05) is 18.7 Å². The van der Waals surface area contributed by atoms with E-state index in [2.05, 4.69) is 0 Å². The standard InChI is InChI=1S/C13H15F5N2O2S/c1-7-4-11(10(15)5-9(7)14)23(21,22)20-6-8(19)2-3-12(20)13(16,17)18/h4-5,8,12H,2-3,6,19H2,1H3. The maximum Gasteiger partial charge on any atom is 0.405 e. The van der Waals surface area contributed by atoms with E-state index >= 15 is 0 Å². The van der Waals surface area contributed by atoms with E-state index in [-0.39, 0.29) is 16.3 Å². The van der Waals surface area contributed by atoms with Crippen LogP contribution in [-0.2, 0) is 10.0 Å². The molecule has 0 aromatic heterocycles. The molecule has 0 aliphatic carbocycles. The summed E-state index contributed by atoms with van der Waals surface area (Å²) in [4.78, 5) is -0.986. The van der Waals surface area contributed by atoms with Crippen LogP contribution in [0.4, 0.5) is 22.0 Å². The summed E-state index contributed by atoms with van der Waals surface area (Å²) in [5.74, 6) is -2.42. The van der Waals surface area contributed by atoms with Crippen LogP contribution in [0.25, 0.3) is 0 Å².